The Kier molecular flexibility index (Phi) is 4.81. The van der Waals surface area contributed by atoms with Gasteiger partial charge in [0.15, 0.2) is 6.10 Å². The number of aryl methyl sites for hydroxylation is 1. The topological polar surface area (TPSA) is 38.3 Å². The first-order valence-corrected chi connectivity index (χ1v) is 6.83. The molecule has 5 heteroatoms. The molecule has 2 aromatic carbocycles. The normalized spacial score (nSPS) is 11.8. The summed E-state index contributed by atoms with van der Waals surface area (Å²) < 4.78 is 18.5. The highest BCUT2D eigenvalue weighted by molar-refractivity contribution is 6.33. The van der Waals surface area contributed by atoms with Crippen LogP contribution in [0.25, 0.3) is 0 Å². The van der Waals surface area contributed by atoms with Gasteiger partial charge in [-0.3, -0.25) is 4.79 Å². The molecule has 1 N–H and O–H groups in total. The Morgan fingerprint density at radius 3 is 2.52 bits per heavy atom. The summed E-state index contributed by atoms with van der Waals surface area (Å²) in [6, 6.07) is 11.2. The molecule has 0 radical (unpaired) electrons. The molecule has 0 fully saturated rings. The number of hydrogen-bond acceptors (Lipinski definition) is 2. The number of ether oxygens (including phenoxy) is 1. The van der Waals surface area contributed by atoms with Crippen LogP contribution in [0.3, 0.4) is 0 Å². The predicted molar refractivity (Wildman–Crippen MR) is 81.3 cm³/mol. The third-order valence-corrected chi connectivity index (χ3v) is 3.20. The Bertz CT molecular complexity index is 643. The summed E-state index contributed by atoms with van der Waals surface area (Å²) in [7, 11) is 0. The minimum absolute atomic E-state index is 0.144. The molecule has 0 heterocycles. The van der Waals surface area contributed by atoms with Crippen LogP contribution in [0.5, 0.6) is 5.75 Å². The number of rotatable bonds is 4. The quantitative estimate of drug-likeness (QED) is 0.919. The van der Waals surface area contributed by atoms with E-state index in [1.165, 1.54) is 12.1 Å². The first kappa shape index (κ1) is 15.3. The fourth-order valence-corrected chi connectivity index (χ4v) is 1.91. The third kappa shape index (κ3) is 4.20. The van der Waals surface area contributed by atoms with E-state index in [2.05, 4.69) is 5.32 Å². The lowest BCUT2D eigenvalue weighted by Gasteiger charge is -2.15. The standard InChI is InChI=1S/C16H15ClFNO2/c1-10-3-6-13(7-4-10)21-11(2)16(20)19-15-8-5-12(18)9-14(15)17/h3-9,11H,1-2H3,(H,19,20). The molecule has 21 heavy (non-hydrogen) atoms. The lowest BCUT2D eigenvalue weighted by atomic mass is 10.2. The molecule has 0 aliphatic rings. The van der Waals surface area contributed by atoms with Gasteiger partial charge in [0.2, 0.25) is 0 Å². The molecule has 3 nitrogen and oxygen atoms in total. The van der Waals surface area contributed by atoms with Crippen LogP contribution in [0, 0.1) is 12.7 Å². The largest absolute Gasteiger partial charge is 0.481 e. The van der Waals surface area contributed by atoms with Gasteiger partial charge in [-0.2, -0.15) is 0 Å². The molecule has 0 aromatic heterocycles. The van der Waals surface area contributed by atoms with Gasteiger partial charge in [0.05, 0.1) is 10.7 Å². The van der Waals surface area contributed by atoms with Gasteiger partial charge in [0.25, 0.3) is 5.91 Å². The van der Waals surface area contributed by atoms with Crippen LogP contribution >= 0.6 is 11.6 Å². The van der Waals surface area contributed by atoms with E-state index in [-0.39, 0.29) is 10.9 Å². The van der Waals surface area contributed by atoms with E-state index in [0.717, 1.165) is 11.6 Å². The number of hydrogen-bond donors (Lipinski definition) is 1. The van der Waals surface area contributed by atoms with Gasteiger partial charge in [0.1, 0.15) is 11.6 Å². The number of nitrogens with one attached hydrogen (secondary N) is 1. The van der Waals surface area contributed by atoms with Crippen molar-refractivity contribution >= 4 is 23.2 Å². The van der Waals surface area contributed by atoms with Crippen molar-refractivity contribution in [1.82, 2.24) is 0 Å². The number of anilines is 1. The third-order valence-electron chi connectivity index (χ3n) is 2.89. The van der Waals surface area contributed by atoms with Crippen LogP contribution in [0.1, 0.15) is 12.5 Å². The Morgan fingerprint density at radius 2 is 1.90 bits per heavy atom. The van der Waals surface area contributed by atoms with Crippen LogP contribution in [0.4, 0.5) is 10.1 Å². The second-order valence-corrected chi connectivity index (χ2v) is 5.09. The lowest BCUT2D eigenvalue weighted by Crippen LogP contribution is -2.30. The molecule has 1 atom stereocenters. The predicted octanol–water partition coefficient (Wildman–Crippen LogP) is 4.19. The SMILES string of the molecule is Cc1ccc(OC(C)C(=O)Nc2ccc(F)cc2Cl)cc1. The molecule has 2 aromatic rings. The van der Waals surface area contributed by atoms with E-state index in [4.69, 9.17) is 16.3 Å². The molecular formula is C16H15ClFNO2. The van der Waals surface area contributed by atoms with Crippen molar-refractivity contribution in [2.45, 2.75) is 20.0 Å². The number of amides is 1. The van der Waals surface area contributed by atoms with Crippen LogP contribution in [-0.4, -0.2) is 12.0 Å². The van der Waals surface area contributed by atoms with Crippen LogP contribution in [0.15, 0.2) is 42.5 Å². The molecule has 0 saturated carbocycles. The van der Waals surface area contributed by atoms with E-state index in [9.17, 15) is 9.18 Å². The molecule has 0 saturated heterocycles. The summed E-state index contributed by atoms with van der Waals surface area (Å²) in [5.41, 5.74) is 1.46. The van der Waals surface area contributed by atoms with Crippen molar-refractivity contribution in [3.63, 3.8) is 0 Å². The Morgan fingerprint density at radius 1 is 1.24 bits per heavy atom. The second-order valence-electron chi connectivity index (χ2n) is 4.69. The minimum Gasteiger partial charge on any atom is -0.481 e. The second kappa shape index (κ2) is 6.59. The van der Waals surface area contributed by atoms with Gasteiger partial charge in [-0.05, 0) is 44.2 Å². The summed E-state index contributed by atoms with van der Waals surface area (Å²) >= 11 is 5.86. The number of halogens is 2. The Labute approximate surface area is 127 Å². The average molecular weight is 308 g/mol. The van der Waals surface area contributed by atoms with E-state index in [1.54, 1.807) is 19.1 Å². The fourth-order valence-electron chi connectivity index (χ4n) is 1.70. The summed E-state index contributed by atoms with van der Waals surface area (Å²) in [5.74, 6) is -0.209. The molecule has 1 unspecified atom stereocenters. The first-order chi connectivity index (χ1) is 9.95. The number of benzene rings is 2. The maximum absolute atomic E-state index is 12.9. The Balaban J connectivity index is 2.00. The molecule has 2 rings (SSSR count). The smallest absolute Gasteiger partial charge is 0.265 e. The lowest BCUT2D eigenvalue weighted by molar-refractivity contribution is -0.122. The van der Waals surface area contributed by atoms with Crippen LogP contribution in [0.2, 0.25) is 5.02 Å². The van der Waals surface area contributed by atoms with E-state index < -0.39 is 11.9 Å². The van der Waals surface area contributed by atoms with Gasteiger partial charge in [0, 0.05) is 0 Å². The number of carbonyl (C=O) groups excluding carboxylic acids is 1. The summed E-state index contributed by atoms with van der Waals surface area (Å²) in [6.45, 7) is 3.60. The van der Waals surface area contributed by atoms with Crippen molar-refractivity contribution in [3.05, 3.63) is 58.9 Å². The molecule has 0 aliphatic carbocycles. The summed E-state index contributed by atoms with van der Waals surface area (Å²) in [4.78, 5) is 12.0. The number of carbonyl (C=O) groups is 1. The molecule has 0 aliphatic heterocycles. The van der Waals surface area contributed by atoms with Gasteiger partial charge >= 0.3 is 0 Å². The zero-order valence-corrected chi connectivity index (χ0v) is 12.4. The van der Waals surface area contributed by atoms with Crippen molar-refractivity contribution in [3.8, 4) is 5.75 Å². The average Bonchev–Trinajstić information content (AvgIpc) is 2.44. The minimum atomic E-state index is -0.700. The molecule has 0 spiro atoms. The van der Waals surface area contributed by atoms with E-state index >= 15 is 0 Å². The van der Waals surface area contributed by atoms with Gasteiger partial charge in [-0.15, -0.1) is 0 Å². The highest BCUT2D eigenvalue weighted by Gasteiger charge is 2.16. The van der Waals surface area contributed by atoms with Gasteiger partial charge < -0.3 is 10.1 Å². The Hall–Kier alpha value is -2.07. The molecule has 110 valence electrons. The maximum Gasteiger partial charge on any atom is 0.265 e. The monoisotopic (exact) mass is 307 g/mol. The van der Waals surface area contributed by atoms with Crippen LogP contribution < -0.4 is 10.1 Å². The van der Waals surface area contributed by atoms with Crippen molar-refractivity contribution in [1.29, 1.82) is 0 Å². The van der Waals surface area contributed by atoms with Gasteiger partial charge in [-0.25, -0.2) is 4.39 Å². The highest BCUT2D eigenvalue weighted by Crippen LogP contribution is 2.23. The van der Waals surface area contributed by atoms with Gasteiger partial charge in [-0.1, -0.05) is 29.3 Å². The fraction of sp³-hybridized carbons (Fsp3) is 0.188. The summed E-state index contributed by atoms with van der Waals surface area (Å²) in [5, 5.41) is 2.75. The van der Waals surface area contributed by atoms with E-state index in [1.807, 2.05) is 19.1 Å². The maximum atomic E-state index is 12.9. The zero-order chi connectivity index (χ0) is 15.4. The van der Waals surface area contributed by atoms with Crippen molar-refractivity contribution < 1.29 is 13.9 Å². The molecule has 0 bridgehead atoms. The van der Waals surface area contributed by atoms with Crippen molar-refractivity contribution in [2.24, 2.45) is 0 Å². The van der Waals surface area contributed by atoms with E-state index in [0.29, 0.717) is 11.4 Å². The molecular weight excluding hydrogens is 293 g/mol. The van der Waals surface area contributed by atoms with Crippen molar-refractivity contribution in [2.75, 3.05) is 5.32 Å². The summed E-state index contributed by atoms with van der Waals surface area (Å²) in [6.07, 6.45) is -0.700. The first-order valence-electron chi connectivity index (χ1n) is 6.45. The molecule has 1 amide bonds. The zero-order valence-electron chi connectivity index (χ0n) is 11.7. The van der Waals surface area contributed by atoms with Crippen LogP contribution in [-0.2, 0) is 4.79 Å². The highest BCUT2D eigenvalue weighted by atomic mass is 35.5.